The number of rotatable bonds is 5. The highest BCUT2D eigenvalue weighted by Gasteiger charge is 2.17. The Balaban J connectivity index is 1.90. The van der Waals surface area contributed by atoms with Crippen LogP contribution < -0.4 is 19.6 Å². The van der Waals surface area contributed by atoms with Crippen molar-refractivity contribution in [2.24, 2.45) is 0 Å². The summed E-state index contributed by atoms with van der Waals surface area (Å²) in [6, 6.07) is 7.45. The minimum atomic E-state index is -1.13. The van der Waals surface area contributed by atoms with Crippen molar-refractivity contribution in [1.82, 2.24) is 0 Å². The van der Waals surface area contributed by atoms with Gasteiger partial charge in [0.05, 0.1) is 31.0 Å². The first-order valence-corrected chi connectivity index (χ1v) is 8.05. The fourth-order valence-electron chi connectivity index (χ4n) is 3.15. The second-order valence-electron chi connectivity index (χ2n) is 6.00. The number of hydrogen-bond donors (Lipinski definition) is 0. The quantitative estimate of drug-likeness (QED) is 0.841. The summed E-state index contributed by atoms with van der Waals surface area (Å²) in [5.74, 6) is 0.327. The van der Waals surface area contributed by atoms with Gasteiger partial charge in [-0.1, -0.05) is 6.42 Å². The lowest BCUT2D eigenvalue weighted by atomic mass is 9.98. The van der Waals surface area contributed by atoms with Crippen LogP contribution in [0.15, 0.2) is 24.3 Å². The molecule has 1 aliphatic rings. The molecule has 0 unspecified atom stereocenters. The molecule has 0 bridgehead atoms. The molecule has 2 aromatic rings. The van der Waals surface area contributed by atoms with Gasteiger partial charge >= 0.3 is 0 Å². The Morgan fingerprint density at radius 2 is 2.04 bits per heavy atom. The number of pyridine rings is 1. The number of aromatic nitrogens is 1. The molecule has 1 aromatic heterocycles. The molecule has 5 heteroatoms. The van der Waals surface area contributed by atoms with Gasteiger partial charge in [-0.2, -0.15) is 0 Å². The molecule has 1 fully saturated rings. The van der Waals surface area contributed by atoms with Gasteiger partial charge in [0.2, 0.25) is 5.52 Å². The minimum absolute atomic E-state index is 0.174. The highest BCUT2D eigenvalue weighted by atomic mass is 16.5. The normalized spacial score (nSPS) is 15.5. The molecule has 1 saturated carbocycles. The average molecular weight is 315 g/mol. The number of H-pyrrole nitrogens is 1. The molecule has 5 nitrogen and oxygen atoms in total. The van der Waals surface area contributed by atoms with Crippen molar-refractivity contribution in [3.63, 3.8) is 0 Å². The second-order valence-corrected chi connectivity index (χ2v) is 6.00. The summed E-state index contributed by atoms with van der Waals surface area (Å²) in [5.41, 5.74) is 1.37. The zero-order valence-electron chi connectivity index (χ0n) is 13.3. The summed E-state index contributed by atoms with van der Waals surface area (Å²) in [5, 5.41) is 11.7. The van der Waals surface area contributed by atoms with Crippen LogP contribution in [-0.4, -0.2) is 19.2 Å². The average Bonchev–Trinajstić information content (AvgIpc) is 2.55. The van der Waals surface area contributed by atoms with E-state index >= 15 is 0 Å². The van der Waals surface area contributed by atoms with Gasteiger partial charge in [-0.15, -0.1) is 0 Å². The molecular formula is C18H21NO4. The molecule has 1 heterocycles. The van der Waals surface area contributed by atoms with E-state index in [-0.39, 0.29) is 12.5 Å². The maximum absolute atomic E-state index is 10.8. The first kappa shape index (κ1) is 15.6. The fourth-order valence-corrected chi connectivity index (χ4v) is 3.15. The van der Waals surface area contributed by atoms with Crippen LogP contribution in [0.5, 0.6) is 11.5 Å². The first-order valence-electron chi connectivity index (χ1n) is 8.05. The topological polar surface area (TPSA) is 72.7 Å². The van der Waals surface area contributed by atoms with E-state index in [1.54, 1.807) is 13.2 Å². The van der Waals surface area contributed by atoms with Gasteiger partial charge < -0.3 is 19.4 Å². The molecule has 0 radical (unpaired) electrons. The van der Waals surface area contributed by atoms with Crippen LogP contribution in [-0.2, 0) is 11.2 Å². The van der Waals surface area contributed by atoms with E-state index < -0.39 is 5.97 Å². The number of fused-ring (bicyclic) bond motifs is 1. The van der Waals surface area contributed by atoms with E-state index in [1.165, 1.54) is 19.3 Å². The third-order valence-electron chi connectivity index (χ3n) is 4.27. The molecule has 1 N–H and O–H groups in total. The number of hydrogen-bond acceptors (Lipinski definition) is 4. The van der Waals surface area contributed by atoms with E-state index in [2.05, 4.69) is 4.98 Å². The Kier molecular flexibility index (Phi) is 4.65. The summed E-state index contributed by atoms with van der Waals surface area (Å²) < 4.78 is 11.5. The molecule has 23 heavy (non-hydrogen) atoms. The van der Waals surface area contributed by atoms with Gasteiger partial charge in [-0.3, -0.25) is 0 Å². The van der Waals surface area contributed by atoms with Gasteiger partial charge in [-0.05, 0) is 37.8 Å². The number of aliphatic carboxylic acids is 1. The van der Waals surface area contributed by atoms with Gasteiger partial charge in [0.25, 0.3) is 0 Å². The van der Waals surface area contributed by atoms with E-state index in [4.69, 9.17) is 9.47 Å². The Morgan fingerprint density at radius 1 is 1.26 bits per heavy atom. The Bertz CT molecular complexity index is 707. The van der Waals surface area contributed by atoms with Crippen LogP contribution in [0, 0.1) is 0 Å². The molecule has 1 aromatic carbocycles. The summed E-state index contributed by atoms with van der Waals surface area (Å²) in [6.45, 7) is 0. The van der Waals surface area contributed by atoms with Gasteiger partial charge in [0.1, 0.15) is 11.5 Å². The van der Waals surface area contributed by atoms with Crippen molar-refractivity contribution in [1.29, 1.82) is 0 Å². The number of carboxylic acids is 1. The highest BCUT2D eigenvalue weighted by Crippen LogP contribution is 2.29. The minimum Gasteiger partial charge on any atom is -0.550 e. The SMILES string of the molecule is COc1cc(CC(=O)[O-])[nH+]c2ccc(OC3CCCCC3)cc12. The van der Waals surface area contributed by atoms with E-state index in [1.807, 2.05) is 18.2 Å². The van der Waals surface area contributed by atoms with E-state index in [0.717, 1.165) is 29.5 Å². The number of carboxylic acid groups (broad SMARTS) is 1. The summed E-state index contributed by atoms with van der Waals surface area (Å²) in [7, 11) is 1.58. The van der Waals surface area contributed by atoms with Crippen LogP contribution in [0.1, 0.15) is 37.8 Å². The van der Waals surface area contributed by atoms with Crippen LogP contribution in [0.2, 0.25) is 0 Å². The van der Waals surface area contributed by atoms with Gasteiger partial charge in [0.15, 0.2) is 5.69 Å². The maximum atomic E-state index is 10.8. The summed E-state index contributed by atoms with van der Waals surface area (Å²) in [4.78, 5) is 13.9. The molecule has 1 aliphatic carbocycles. The van der Waals surface area contributed by atoms with E-state index in [0.29, 0.717) is 11.4 Å². The molecule has 3 rings (SSSR count). The fraction of sp³-hybridized carbons (Fsp3) is 0.444. The molecule has 0 spiro atoms. The third-order valence-corrected chi connectivity index (χ3v) is 4.27. The van der Waals surface area contributed by atoms with Crippen molar-refractivity contribution in [3.8, 4) is 11.5 Å². The Labute approximate surface area is 135 Å². The van der Waals surface area contributed by atoms with Crippen LogP contribution >= 0.6 is 0 Å². The molecular weight excluding hydrogens is 294 g/mol. The van der Waals surface area contributed by atoms with Crippen LogP contribution in [0.25, 0.3) is 10.9 Å². The third kappa shape index (κ3) is 3.73. The number of benzene rings is 1. The van der Waals surface area contributed by atoms with Crippen LogP contribution in [0.3, 0.4) is 0 Å². The lowest BCUT2D eigenvalue weighted by molar-refractivity contribution is -0.362. The van der Waals surface area contributed by atoms with Crippen molar-refractivity contribution in [2.75, 3.05) is 7.11 Å². The second kappa shape index (κ2) is 6.86. The molecule has 0 saturated heterocycles. The summed E-state index contributed by atoms with van der Waals surface area (Å²) >= 11 is 0. The zero-order valence-corrected chi connectivity index (χ0v) is 13.3. The predicted octanol–water partition coefficient (Wildman–Crippen LogP) is 1.67. The Hall–Kier alpha value is -2.30. The number of methoxy groups -OCH3 is 1. The predicted molar refractivity (Wildman–Crippen MR) is 83.3 cm³/mol. The zero-order chi connectivity index (χ0) is 16.2. The summed E-state index contributed by atoms with van der Waals surface area (Å²) in [6.07, 6.45) is 6.06. The number of carbonyl (C=O) groups excluding carboxylic acids is 1. The van der Waals surface area contributed by atoms with Crippen molar-refractivity contribution >= 4 is 16.9 Å². The first-order chi connectivity index (χ1) is 11.2. The van der Waals surface area contributed by atoms with Crippen LogP contribution in [0.4, 0.5) is 0 Å². The number of carbonyl (C=O) groups is 1. The molecule has 0 aliphatic heterocycles. The number of ether oxygens (including phenoxy) is 2. The number of nitrogens with one attached hydrogen (secondary N) is 1. The maximum Gasteiger partial charge on any atom is 0.215 e. The lowest BCUT2D eigenvalue weighted by Gasteiger charge is -2.23. The lowest BCUT2D eigenvalue weighted by Crippen LogP contribution is -2.28. The molecule has 0 atom stereocenters. The highest BCUT2D eigenvalue weighted by molar-refractivity contribution is 5.84. The monoisotopic (exact) mass is 315 g/mol. The molecule has 122 valence electrons. The number of aromatic amines is 1. The largest absolute Gasteiger partial charge is 0.550 e. The van der Waals surface area contributed by atoms with E-state index in [9.17, 15) is 9.90 Å². The van der Waals surface area contributed by atoms with Crippen molar-refractivity contribution < 1.29 is 24.4 Å². The van der Waals surface area contributed by atoms with Gasteiger partial charge in [-0.25, -0.2) is 4.98 Å². The standard InChI is InChI=1S/C18H21NO4/c1-22-17-9-12(10-18(20)21)19-16-8-7-14(11-15(16)17)23-13-5-3-2-4-6-13/h7-9,11,13H,2-6,10H2,1H3,(H,20,21). The van der Waals surface area contributed by atoms with Crippen molar-refractivity contribution in [3.05, 3.63) is 30.0 Å². The van der Waals surface area contributed by atoms with Crippen molar-refractivity contribution in [2.45, 2.75) is 44.6 Å². The Morgan fingerprint density at radius 3 is 2.74 bits per heavy atom. The van der Waals surface area contributed by atoms with Gasteiger partial charge in [0, 0.05) is 12.1 Å². The smallest absolute Gasteiger partial charge is 0.215 e. The molecule has 0 amide bonds.